The highest BCUT2D eigenvalue weighted by Gasteiger charge is 2.15. The number of nitrogens with one attached hydrogen (secondary N) is 2. The van der Waals surface area contributed by atoms with Crippen LogP contribution in [0.1, 0.15) is 59.8 Å². The second-order valence-electron chi connectivity index (χ2n) is 9.10. The second-order valence-corrected chi connectivity index (χ2v) is 9.10. The van der Waals surface area contributed by atoms with Gasteiger partial charge in [-0.15, -0.1) is 0 Å². The maximum atomic E-state index is 12.2. The summed E-state index contributed by atoms with van der Waals surface area (Å²) in [5.74, 6) is -0.112. The molecule has 1 aromatic heterocycles. The average Bonchev–Trinajstić information content (AvgIpc) is 2.80. The molecular formula is C28H33N3O3. The Morgan fingerprint density at radius 1 is 1.00 bits per heavy atom. The van der Waals surface area contributed by atoms with Crippen molar-refractivity contribution in [2.75, 3.05) is 11.9 Å². The first-order chi connectivity index (χ1) is 16.2. The number of aliphatic carboxylic acids is 1. The van der Waals surface area contributed by atoms with Crippen molar-refractivity contribution in [1.82, 2.24) is 10.3 Å². The highest BCUT2D eigenvalue weighted by atomic mass is 16.4. The molecule has 2 aromatic carbocycles. The van der Waals surface area contributed by atoms with E-state index >= 15 is 0 Å². The van der Waals surface area contributed by atoms with E-state index < -0.39 is 5.97 Å². The van der Waals surface area contributed by atoms with Crippen LogP contribution in [0.3, 0.4) is 0 Å². The van der Waals surface area contributed by atoms with Crippen LogP contribution in [-0.2, 0) is 4.79 Å². The van der Waals surface area contributed by atoms with Crippen molar-refractivity contribution in [1.29, 1.82) is 0 Å². The Morgan fingerprint density at radius 3 is 2.35 bits per heavy atom. The molecule has 178 valence electrons. The first-order valence-electron chi connectivity index (χ1n) is 11.6. The molecule has 1 amide bonds. The topological polar surface area (TPSA) is 91.3 Å². The van der Waals surface area contributed by atoms with Gasteiger partial charge in [-0.3, -0.25) is 9.59 Å². The number of nitrogens with zero attached hydrogens (tertiary/aromatic N) is 1. The van der Waals surface area contributed by atoms with E-state index in [0.717, 1.165) is 6.42 Å². The van der Waals surface area contributed by atoms with E-state index in [9.17, 15) is 9.59 Å². The lowest BCUT2D eigenvalue weighted by atomic mass is 9.93. The van der Waals surface area contributed by atoms with Crippen LogP contribution in [0.15, 0.2) is 60.8 Å². The molecule has 0 bridgehead atoms. The molecule has 0 aliphatic carbocycles. The van der Waals surface area contributed by atoms with E-state index in [1.54, 1.807) is 12.1 Å². The fourth-order valence-electron chi connectivity index (χ4n) is 3.87. The lowest BCUT2D eigenvalue weighted by molar-refractivity contribution is -0.136. The summed E-state index contributed by atoms with van der Waals surface area (Å²) in [6.07, 6.45) is 2.33. The number of carbonyl (C=O) groups excluding carboxylic acids is 1. The first-order valence-corrected chi connectivity index (χ1v) is 11.6. The van der Waals surface area contributed by atoms with Crippen LogP contribution >= 0.6 is 0 Å². The molecule has 0 aliphatic heterocycles. The SMILES string of the molecule is Cc1ccc(C)c(-c2ccc(C(CC(C)C)Nc3ccc(C(=O)NCCC(=O)O)cn3)cc2)c1. The van der Waals surface area contributed by atoms with Crippen molar-refractivity contribution in [3.8, 4) is 11.1 Å². The largest absolute Gasteiger partial charge is 0.481 e. The Morgan fingerprint density at radius 2 is 1.74 bits per heavy atom. The molecule has 1 unspecified atom stereocenters. The van der Waals surface area contributed by atoms with Gasteiger partial charge in [0.2, 0.25) is 0 Å². The highest BCUT2D eigenvalue weighted by molar-refractivity contribution is 5.94. The van der Waals surface area contributed by atoms with Crippen molar-refractivity contribution in [3.63, 3.8) is 0 Å². The summed E-state index contributed by atoms with van der Waals surface area (Å²) < 4.78 is 0. The van der Waals surface area contributed by atoms with Gasteiger partial charge in [-0.2, -0.15) is 0 Å². The number of pyridine rings is 1. The summed E-state index contributed by atoms with van der Waals surface area (Å²) in [7, 11) is 0. The van der Waals surface area contributed by atoms with Gasteiger partial charge >= 0.3 is 5.97 Å². The Labute approximate surface area is 201 Å². The van der Waals surface area contributed by atoms with Gasteiger partial charge in [0.15, 0.2) is 0 Å². The van der Waals surface area contributed by atoms with Gasteiger partial charge in [0.1, 0.15) is 5.82 Å². The molecule has 0 aliphatic rings. The number of hydrogen-bond acceptors (Lipinski definition) is 4. The van der Waals surface area contributed by atoms with Gasteiger partial charge in [0, 0.05) is 12.7 Å². The van der Waals surface area contributed by atoms with Gasteiger partial charge in [0.05, 0.1) is 18.0 Å². The smallest absolute Gasteiger partial charge is 0.305 e. The third kappa shape index (κ3) is 6.91. The number of carbonyl (C=O) groups is 2. The van der Waals surface area contributed by atoms with Crippen LogP contribution in [0, 0.1) is 19.8 Å². The summed E-state index contributed by atoms with van der Waals surface area (Å²) >= 11 is 0. The Kier molecular flexibility index (Phi) is 8.41. The molecule has 3 rings (SSSR count). The Balaban J connectivity index is 1.73. The molecule has 0 radical (unpaired) electrons. The maximum Gasteiger partial charge on any atom is 0.305 e. The highest BCUT2D eigenvalue weighted by Crippen LogP contribution is 2.29. The normalized spacial score (nSPS) is 11.8. The van der Waals surface area contributed by atoms with E-state index in [0.29, 0.717) is 17.3 Å². The summed E-state index contributed by atoms with van der Waals surface area (Å²) in [4.78, 5) is 27.2. The minimum atomic E-state index is -0.948. The molecule has 34 heavy (non-hydrogen) atoms. The van der Waals surface area contributed by atoms with Gasteiger partial charge in [-0.1, -0.05) is 61.9 Å². The fourth-order valence-corrected chi connectivity index (χ4v) is 3.87. The van der Waals surface area contributed by atoms with E-state index in [-0.39, 0.29) is 24.9 Å². The van der Waals surface area contributed by atoms with Gasteiger partial charge in [0.25, 0.3) is 5.91 Å². The van der Waals surface area contributed by atoms with Crippen LogP contribution in [0.4, 0.5) is 5.82 Å². The number of rotatable bonds is 10. The lowest BCUT2D eigenvalue weighted by Gasteiger charge is -2.22. The van der Waals surface area contributed by atoms with E-state index in [1.165, 1.54) is 34.0 Å². The van der Waals surface area contributed by atoms with Crippen molar-refractivity contribution >= 4 is 17.7 Å². The average molecular weight is 460 g/mol. The van der Waals surface area contributed by atoms with E-state index in [2.05, 4.69) is 85.8 Å². The van der Waals surface area contributed by atoms with Gasteiger partial charge in [-0.25, -0.2) is 4.98 Å². The summed E-state index contributed by atoms with van der Waals surface area (Å²) in [5.41, 5.74) is 6.53. The number of carboxylic acid groups (broad SMARTS) is 1. The molecule has 3 N–H and O–H groups in total. The van der Waals surface area contributed by atoms with Crippen molar-refractivity contribution in [2.45, 2.75) is 46.6 Å². The monoisotopic (exact) mass is 459 g/mol. The summed E-state index contributed by atoms with van der Waals surface area (Å²) in [6, 6.07) is 18.7. The zero-order chi connectivity index (χ0) is 24.7. The molecule has 1 atom stereocenters. The molecule has 0 fully saturated rings. The third-order valence-corrected chi connectivity index (χ3v) is 5.70. The Hall–Kier alpha value is -3.67. The molecule has 0 saturated heterocycles. The number of aryl methyl sites for hydroxylation is 2. The molecule has 1 heterocycles. The predicted molar refractivity (Wildman–Crippen MR) is 136 cm³/mol. The standard InChI is InChI=1S/C28H33N3O3/c1-18(2)15-25(22-9-7-21(8-10-22)24-16-19(3)5-6-20(24)4)31-26-12-11-23(17-30-26)28(34)29-14-13-27(32)33/h5-12,16-18,25H,13-15H2,1-4H3,(H,29,34)(H,30,31)(H,32,33). The van der Waals surface area contributed by atoms with E-state index in [1.807, 2.05) is 0 Å². The molecule has 0 saturated carbocycles. The lowest BCUT2D eigenvalue weighted by Crippen LogP contribution is -2.26. The summed E-state index contributed by atoms with van der Waals surface area (Å²) in [6.45, 7) is 8.71. The molecule has 3 aromatic rings. The van der Waals surface area contributed by atoms with Gasteiger partial charge < -0.3 is 15.7 Å². The molecule has 6 nitrogen and oxygen atoms in total. The second kappa shape index (κ2) is 11.5. The number of amides is 1. The van der Waals surface area contributed by atoms with Crippen molar-refractivity contribution in [3.05, 3.63) is 83.0 Å². The predicted octanol–water partition coefficient (Wildman–Crippen LogP) is 5.77. The number of aromatic nitrogens is 1. The zero-order valence-corrected chi connectivity index (χ0v) is 20.3. The van der Waals surface area contributed by atoms with Crippen molar-refractivity contribution in [2.24, 2.45) is 5.92 Å². The zero-order valence-electron chi connectivity index (χ0n) is 20.3. The van der Waals surface area contributed by atoms with E-state index in [4.69, 9.17) is 5.11 Å². The molecule has 0 spiro atoms. The fraction of sp³-hybridized carbons (Fsp3) is 0.321. The van der Waals surface area contributed by atoms with Crippen molar-refractivity contribution < 1.29 is 14.7 Å². The Bertz CT molecular complexity index is 1120. The van der Waals surface area contributed by atoms with Crippen LogP contribution in [-0.4, -0.2) is 28.5 Å². The quantitative estimate of drug-likeness (QED) is 0.358. The maximum absolute atomic E-state index is 12.2. The number of benzene rings is 2. The minimum Gasteiger partial charge on any atom is -0.481 e. The van der Waals surface area contributed by atoms with Gasteiger partial charge in [-0.05, 0) is 60.6 Å². The molecule has 6 heteroatoms. The first kappa shape index (κ1) is 25.0. The number of hydrogen-bond donors (Lipinski definition) is 3. The van der Waals surface area contributed by atoms with Crippen LogP contribution < -0.4 is 10.6 Å². The molecular weight excluding hydrogens is 426 g/mol. The third-order valence-electron chi connectivity index (χ3n) is 5.70. The minimum absolute atomic E-state index is 0.0791. The number of carboxylic acids is 1. The van der Waals surface area contributed by atoms with Crippen LogP contribution in [0.25, 0.3) is 11.1 Å². The van der Waals surface area contributed by atoms with Crippen LogP contribution in [0.5, 0.6) is 0 Å². The summed E-state index contributed by atoms with van der Waals surface area (Å²) in [5, 5.41) is 14.8. The number of anilines is 1. The van der Waals surface area contributed by atoms with Crippen LogP contribution in [0.2, 0.25) is 0 Å².